The zero-order valence-electron chi connectivity index (χ0n) is 23.2. The molecule has 1 aromatic carbocycles. The summed E-state index contributed by atoms with van der Waals surface area (Å²) in [5.41, 5.74) is 0.544. The number of benzene rings is 1. The fourth-order valence-electron chi connectivity index (χ4n) is 6.57. The molecule has 0 atom stereocenters. The van der Waals surface area contributed by atoms with E-state index in [0.29, 0.717) is 23.5 Å². The van der Waals surface area contributed by atoms with Crippen molar-refractivity contribution in [1.82, 2.24) is 19.8 Å². The molecule has 3 fully saturated rings. The maximum Gasteiger partial charge on any atom is 0.257 e. The van der Waals surface area contributed by atoms with Crippen LogP contribution in [0, 0.1) is 17.2 Å². The SMILES string of the molecule is CCN(C(=O)c1cc(F)ccc1Oc1cncnc1N1CC2(CCN(CC3CCCCC3)CC2)C1)C(C)C. The lowest BCUT2D eigenvalue weighted by atomic mass is 9.71. The molecule has 2 aliphatic heterocycles. The van der Waals surface area contributed by atoms with Crippen LogP contribution in [0.4, 0.5) is 10.2 Å². The van der Waals surface area contributed by atoms with Crippen LogP contribution in [-0.2, 0) is 0 Å². The molecule has 3 aliphatic rings. The Morgan fingerprint density at radius 3 is 2.58 bits per heavy atom. The molecule has 2 aromatic rings. The Labute approximate surface area is 226 Å². The van der Waals surface area contributed by atoms with E-state index >= 15 is 0 Å². The van der Waals surface area contributed by atoms with Crippen LogP contribution in [0.5, 0.6) is 11.5 Å². The van der Waals surface area contributed by atoms with Gasteiger partial charge in [-0.05, 0) is 83.7 Å². The third-order valence-corrected chi connectivity index (χ3v) is 8.79. The molecule has 1 saturated carbocycles. The Bertz CT molecular complexity index is 1100. The molecular formula is C30H42FN5O2. The molecule has 1 amide bonds. The van der Waals surface area contributed by atoms with E-state index in [1.165, 1.54) is 89.1 Å². The van der Waals surface area contributed by atoms with Gasteiger partial charge in [-0.2, -0.15) is 0 Å². The van der Waals surface area contributed by atoms with Crippen LogP contribution in [0.15, 0.2) is 30.7 Å². The fourth-order valence-corrected chi connectivity index (χ4v) is 6.57. The predicted octanol–water partition coefficient (Wildman–Crippen LogP) is 5.76. The van der Waals surface area contributed by atoms with E-state index in [2.05, 4.69) is 19.8 Å². The highest BCUT2D eigenvalue weighted by molar-refractivity contribution is 5.97. The van der Waals surface area contributed by atoms with Crippen molar-refractivity contribution in [2.45, 2.75) is 71.8 Å². The molecule has 5 rings (SSSR count). The normalized spacial score (nSPS) is 20.0. The summed E-state index contributed by atoms with van der Waals surface area (Å²) in [7, 11) is 0. The average molecular weight is 524 g/mol. The summed E-state index contributed by atoms with van der Waals surface area (Å²) in [6.45, 7) is 11.9. The largest absolute Gasteiger partial charge is 0.451 e. The van der Waals surface area contributed by atoms with Gasteiger partial charge in [0.25, 0.3) is 5.91 Å². The molecule has 0 bridgehead atoms. The second-order valence-electron chi connectivity index (χ2n) is 11.8. The van der Waals surface area contributed by atoms with Crippen molar-refractivity contribution in [3.8, 4) is 11.5 Å². The van der Waals surface area contributed by atoms with Crippen LogP contribution in [0.1, 0.15) is 76.1 Å². The topological polar surface area (TPSA) is 61.8 Å². The average Bonchev–Trinajstić information content (AvgIpc) is 2.90. The van der Waals surface area contributed by atoms with Gasteiger partial charge in [0.2, 0.25) is 0 Å². The van der Waals surface area contributed by atoms with E-state index in [1.54, 1.807) is 11.1 Å². The number of carbonyl (C=O) groups excluding carboxylic acids is 1. The number of piperidine rings is 1. The maximum absolute atomic E-state index is 14.2. The Morgan fingerprint density at radius 1 is 1.16 bits per heavy atom. The van der Waals surface area contributed by atoms with Crippen LogP contribution in [-0.4, -0.2) is 71.0 Å². The smallest absolute Gasteiger partial charge is 0.257 e. The van der Waals surface area contributed by atoms with Gasteiger partial charge >= 0.3 is 0 Å². The third-order valence-electron chi connectivity index (χ3n) is 8.79. The summed E-state index contributed by atoms with van der Waals surface area (Å²) in [5, 5.41) is 0. The van der Waals surface area contributed by atoms with Crippen molar-refractivity contribution in [3.63, 3.8) is 0 Å². The van der Waals surface area contributed by atoms with Crippen LogP contribution >= 0.6 is 0 Å². The highest BCUT2D eigenvalue weighted by atomic mass is 19.1. The van der Waals surface area contributed by atoms with E-state index in [-0.39, 0.29) is 17.5 Å². The minimum atomic E-state index is -0.468. The predicted molar refractivity (Wildman–Crippen MR) is 147 cm³/mol. The zero-order chi connectivity index (χ0) is 26.7. The minimum Gasteiger partial charge on any atom is -0.451 e. The molecule has 8 heteroatoms. The minimum absolute atomic E-state index is 0.00871. The lowest BCUT2D eigenvalue weighted by Gasteiger charge is -2.54. The number of rotatable bonds is 8. The van der Waals surface area contributed by atoms with Crippen molar-refractivity contribution in [2.75, 3.05) is 44.2 Å². The van der Waals surface area contributed by atoms with Gasteiger partial charge < -0.3 is 19.4 Å². The van der Waals surface area contributed by atoms with Crippen LogP contribution in [0.25, 0.3) is 0 Å². The Balaban J connectivity index is 1.25. The molecule has 206 valence electrons. The first-order valence-electron chi connectivity index (χ1n) is 14.4. The first-order valence-corrected chi connectivity index (χ1v) is 14.4. The number of aromatic nitrogens is 2. The highest BCUT2D eigenvalue weighted by Gasteiger charge is 2.46. The molecule has 1 spiro atoms. The van der Waals surface area contributed by atoms with Gasteiger partial charge in [-0.15, -0.1) is 0 Å². The molecule has 3 heterocycles. The summed E-state index contributed by atoms with van der Waals surface area (Å²) in [5.74, 6) is 1.71. The van der Waals surface area contributed by atoms with Crippen LogP contribution < -0.4 is 9.64 Å². The molecule has 1 aliphatic carbocycles. The first kappa shape index (κ1) is 26.9. The van der Waals surface area contributed by atoms with E-state index in [1.807, 2.05) is 20.8 Å². The van der Waals surface area contributed by atoms with Gasteiger partial charge in [-0.25, -0.2) is 14.4 Å². The number of nitrogens with zero attached hydrogens (tertiary/aromatic N) is 5. The van der Waals surface area contributed by atoms with Gasteiger partial charge in [0.15, 0.2) is 11.6 Å². The van der Waals surface area contributed by atoms with Crippen LogP contribution in [0.2, 0.25) is 0 Å². The summed E-state index contributed by atoms with van der Waals surface area (Å²) in [6, 6.07) is 4.09. The summed E-state index contributed by atoms with van der Waals surface area (Å²) < 4.78 is 20.4. The first-order chi connectivity index (χ1) is 18.4. The number of likely N-dealkylation sites (tertiary alicyclic amines) is 1. The molecule has 38 heavy (non-hydrogen) atoms. The lowest BCUT2D eigenvalue weighted by Crippen LogP contribution is -2.61. The quantitative estimate of drug-likeness (QED) is 0.438. The second kappa shape index (κ2) is 11.6. The third kappa shape index (κ3) is 5.80. The van der Waals surface area contributed by atoms with Gasteiger partial charge in [-0.3, -0.25) is 4.79 Å². The van der Waals surface area contributed by atoms with Crippen molar-refractivity contribution in [3.05, 3.63) is 42.1 Å². The molecule has 0 N–H and O–H groups in total. The molecule has 0 radical (unpaired) electrons. The standard InChI is InChI=1S/C30H42FN5O2/c1-4-36(22(2)3)29(37)25-16-24(31)10-11-26(25)38-27-17-32-21-33-28(27)35-19-30(20-35)12-14-34(15-13-30)18-23-8-6-5-7-9-23/h10-11,16-17,21-23H,4-9,12-15,18-20H2,1-3H3. The zero-order valence-corrected chi connectivity index (χ0v) is 23.2. The highest BCUT2D eigenvalue weighted by Crippen LogP contribution is 2.45. The van der Waals surface area contributed by atoms with Crippen molar-refractivity contribution in [1.29, 1.82) is 0 Å². The number of amides is 1. The van der Waals surface area contributed by atoms with Gasteiger partial charge in [0.1, 0.15) is 17.9 Å². The van der Waals surface area contributed by atoms with E-state index < -0.39 is 5.82 Å². The Hall–Kier alpha value is -2.74. The number of halogens is 1. The summed E-state index contributed by atoms with van der Waals surface area (Å²) in [4.78, 5) is 28.6. The summed E-state index contributed by atoms with van der Waals surface area (Å²) in [6.07, 6.45) is 12.6. The molecule has 0 unspecified atom stereocenters. The number of hydrogen-bond donors (Lipinski definition) is 0. The van der Waals surface area contributed by atoms with Gasteiger partial charge in [-0.1, -0.05) is 19.3 Å². The van der Waals surface area contributed by atoms with Crippen LogP contribution in [0.3, 0.4) is 0 Å². The number of anilines is 1. The molecule has 2 saturated heterocycles. The summed E-state index contributed by atoms with van der Waals surface area (Å²) >= 11 is 0. The van der Waals surface area contributed by atoms with E-state index in [4.69, 9.17) is 4.74 Å². The number of hydrogen-bond acceptors (Lipinski definition) is 6. The number of ether oxygens (including phenoxy) is 1. The van der Waals surface area contributed by atoms with Gasteiger partial charge in [0.05, 0.1) is 11.8 Å². The molecule has 7 nitrogen and oxygen atoms in total. The monoisotopic (exact) mass is 523 g/mol. The van der Waals surface area contributed by atoms with Crippen molar-refractivity contribution < 1.29 is 13.9 Å². The Morgan fingerprint density at radius 2 is 1.89 bits per heavy atom. The van der Waals surface area contributed by atoms with Gasteiger partial charge in [0, 0.05) is 37.6 Å². The molecular weight excluding hydrogens is 481 g/mol. The van der Waals surface area contributed by atoms with Crippen molar-refractivity contribution >= 4 is 11.7 Å². The number of carbonyl (C=O) groups is 1. The lowest BCUT2D eigenvalue weighted by molar-refractivity contribution is 0.0627. The van der Waals surface area contributed by atoms with E-state index in [0.717, 1.165) is 24.8 Å². The van der Waals surface area contributed by atoms with Crippen molar-refractivity contribution in [2.24, 2.45) is 11.3 Å². The van der Waals surface area contributed by atoms with E-state index in [9.17, 15) is 9.18 Å². The maximum atomic E-state index is 14.2. The molecule has 1 aromatic heterocycles. The second-order valence-corrected chi connectivity index (χ2v) is 11.8. The Kier molecular flexibility index (Phi) is 8.17. The fraction of sp³-hybridized carbons (Fsp3) is 0.633.